The molecule has 1 rings (SSSR count). The molecule has 0 unspecified atom stereocenters. The molecule has 1 heterocycles. The van der Waals surface area contributed by atoms with Gasteiger partial charge in [0.05, 0.1) is 27.2 Å². The molecule has 2 nitrogen and oxygen atoms in total. The molecule has 0 aromatic heterocycles. The van der Waals surface area contributed by atoms with Gasteiger partial charge in [-0.25, -0.2) is 0 Å². The summed E-state index contributed by atoms with van der Waals surface area (Å²) in [6.07, 6.45) is 4.34. The zero-order valence-corrected chi connectivity index (χ0v) is 7.62. The van der Waals surface area contributed by atoms with Crippen LogP contribution in [0.25, 0.3) is 0 Å². The summed E-state index contributed by atoms with van der Waals surface area (Å²) in [5, 5.41) is 0. The highest BCUT2D eigenvalue weighted by Gasteiger charge is 2.17. The molecule has 0 saturated carbocycles. The quantitative estimate of drug-likeness (QED) is 0.356. The van der Waals surface area contributed by atoms with Crippen molar-refractivity contribution in [3.63, 3.8) is 0 Å². The van der Waals surface area contributed by atoms with Crippen LogP contribution < -0.4 is 12.4 Å². The first-order valence-electron chi connectivity index (χ1n) is 3.53. The van der Waals surface area contributed by atoms with Gasteiger partial charge in [-0.1, -0.05) is 0 Å². The van der Waals surface area contributed by atoms with Gasteiger partial charge >= 0.3 is 0 Å². The fourth-order valence-corrected chi connectivity index (χ4v) is 1.37. The standard InChI is InChI=1S/C7H16N.ClH.H2O/c1-8(2)6-4-3-5-7-8;;/h3-7H2,1-2H3;1H;1H2/q+1;;/p-1. The number of piperidine rings is 1. The lowest BCUT2D eigenvalue weighted by molar-refractivity contribution is -0.894. The average Bonchev–Trinajstić information content (AvgIpc) is 1.65. The Kier molecular flexibility index (Phi) is 6.35. The summed E-state index contributed by atoms with van der Waals surface area (Å²) in [4.78, 5) is 0. The van der Waals surface area contributed by atoms with Crippen LogP contribution in [0.15, 0.2) is 0 Å². The van der Waals surface area contributed by atoms with Gasteiger partial charge in [0.15, 0.2) is 0 Å². The summed E-state index contributed by atoms with van der Waals surface area (Å²) in [7, 11) is 4.64. The Labute approximate surface area is 69.5 Å². The summed E-state index contributed by atoms with van der Waals surface area (Å²) >= 11 is 0. The summed E-state index contributed by atoms with van der Waals surface area (Å²) in [5.41, 5.74) is 0. The second kappa shape index (κ2) is 4.94. The molecule has 1 aliphatic heterocycles. The molecule has 0 aromatic rings. The molecule has 0 amide bonds. The van der Waals surface area contributed by atoms with Crippen LogP contribution in [0.1, 0.15) is 19.3 Å². The van der Waals surface area contributed by atoms with Crippen molar-refractivity contribution in [1.82, 2.24) is 0 Å². The number of hydrogen-bond acceptors (Lipinski definition) is 0. The van der Waals surface area contributed by atoms with Gasteiger partial charge in [0.2, 0.25) is 0 Å². The molecule has 2 N–H and O–H groups in total. The Morgan fingerprint density at radius 2 is 1.30 bits per heavy atom. The van der Waals surface area contributed by atoms with Crippen molar-refractivity contribution in [3.05, 3.63) is 0 Å². The van der Waals surface area contributed by atoms with Crippen LogP contribution in [0, 0.1) is 0 Å². The molecule has 1 saturated heterocycles. The Morgan fingerprint density at radius 3 is 1.50 bits per heavy atom. The van der Waals surface area contributed by atoms with Gasteiger partial charge in [0.1, 0.15) is 0 Å². The predicted molar refractivity (Wildman–Crippen MR) is 39.3 cm³/mol. The summed E-state index contributed by atoms with van der Waals surface area (Å²) in [5.74, 6) is 0. The highest BCUT2D eigenvalue weighted by molar-refractivity contribution is 4.47. The number of hydrogen-bond donors (Lipinski definition) is 0. The minimum Gasteiger partial charge on any atom is -1.00 e. The van der Waals surface area contributed by atoms with Crippen molar-refractivity contribution in [2.45, 2.75) is 19.3 Å². The molecule has 0 aliphatic carbocycles. The first kappa shape index (κ1) is 12.8. The Bertz CT molecular complexity index is 77.7. The molecule has 1 aliphatic rings. The van der Waals surface area contributed by atoms with E-state index in [2.05, 4.69) is 14.1 Å². The minimum atomic E-state index is 0. The highest BCUT2D eigenvalue weighted by Crippen LogP contribution is 2.11. The lowest BCUT2D eigenvalue weighted by Crippen LogP contribution is -3.00. The van der Waals surface area contributed by atoms with Crippen LogP contribution in [0.5, 0.6) is 0 Å². The van der Waals surface area contributed by atoms with Crippen molar-refractivity contribution < 1.29 is 22.4 Å². The molecule has 0 radical (unpaired) electrons. The Morgan fingerprint density at radius 1 is 0.900 bits per heavy atom. The van der Waals surface area contributed by atoms with E-state index in [4.69, 9.17) is 0 Å². The van der Waals surface area contributed by atoms with Crippen molar-refractivity contribution in [2.24, 2.45) is 0 Å². The maximum absolute atomic E-state index is 2.32. The largest absolute Gasteiger partial charge is 1.00 e. The molecular weight excluding hydrogens is 150 g/mol. The summed E-state index contributed by atoms with van der Waals surface area (Å²) in [6, 6.07) is 0. The topological polar surface area (TPSA) is 31.5 Å². The van der Waals surface area contributed by atoms with E-state index in [0.29, 0.717) is 0 Å². The number of quaternary nitrogens is 1. The minimum absolute atomic E-state index is 0. The molecule has 0 bridgehead atoms. The third-order valence-corrected chi connectivity index (χ3v) is 2.03. The number of halogens is 1. The zero-order valence-electron chi connectivity index (χ0n) is 6.86. The lowest BCUT2D eigenvalue weighted by atomic mass is 10.1. The Balaban J connectivity index is 0. The number of nitrogens with zero attached hydrogens (tertiary/aromatic N) is 1. The van der Waals surface area contributed by atoms with Gasteiger partial charge in [0, 0.05) is 0 Å². The van der Waals surface area contributed by atoms with Crippen molar-refractivity contribution in [1.29, 1.82) is 0 Å². The summed E-state index contributed by atoms with van der Waals surface area (Å²) < 4.78 is 1.25. The molecule has 0 atom stereocenters. The van der Waals surface area contributed by atoms with E-state index in [1.807, 2.05) is 0 Å². The smallest absolute Gasteiger partial charge is 0.0782 e. The van der Waals surface area contributed by atoms with Crippen LogP contribution in [0.3, 0.4) is 0 Å². The average molecular weight is 168 g/mol. The molecule has 0 spiro atoms. The monoisotopic (exact) mass is 167 g/mol. The van der Waals surface area contributed by atoms with E-state index in [-0.39, 0.29) is 17.9 Å². The zero-order chi connectivity index (χ0) is 6.04. The first-order chi connectivity index (χ1) is 3.71. The number of likely N-dealkylation sites (tertiary alicyclic amines) is 1. The molecular formula is C7H18ClNO. The fourth-order valence-electron chi connectivity index (χ4n) is 1.37. The lowest BCUT2D eigenvalue weighted by Gasteiger charge is -2.33. The van der Waals surface area contributed by atoms with E-state index in [1.54, 1.807) is 0 Å². The van der Waals surface area contributed by atoms with Gasteiger partial charge in [0.25, 0.3) is 0 Å². The number of rotatable bonds is 0. The molecule has 0 aromatic carbocycles. The van der Waals surface area contributed by atoms with E-state index in [9.17, 15) is 0 Å². The molecule has 10 heavy (non-hydrogen) atoms. The first-order valence-corrected chi connectivity index (χ1v) is 3.53. The van der Waals surface area contributed by atoms with E-state index >= 15 is 0 Å². The van der Waals surface area contributed by atoms with Crippen LogP contribution >= 0.6 is 0 Å². The SMILES string of the molecule is C[N+]1(C)CCCCC1.O.[Cl-]. The van der Waals surface area contributed by atoms with Gasteiger partial charge in [-0.3, -0.25) is 0 Å². The van der Waals surface area contributed by atoms with Crippen LogP contribution in [-0.2, 0) is 0 Å². The maximum Gasteiger partial charge on any atom is 0.0782 e. The molecule has 64 valence electrons. The highest BCUT2D eigenvalue weighted by atomic mass is 35.5. The van der Waals surface area contributed by atoms with E-state index < -0.39 is 0 Å². The fraction of sp³-hybridized carbons (Fsp3) is 1.00. The third kappa shape index (κ3) is 4.09. The third-order valence-electron chi connectivity index (χ3n) is 2.03. The normalized spacial score (nSPS) is 22.2. The van der Waals surface area contributed by atoms with Gasteiger partial charge in [-0.2, -0.15) is 0 Å². The van der Waals surface area contributed by atoms with E-state index in [1.165, 1.54) is 36.8 Å². The summed E-state index contributed by atoms with van der Waals surface area (Å²) in [6.45, 7) is 2.78. The second-order valence-corrected chi connectivity index (χ2v) is 3.44. The Hall–Kier alpha value is 0.210. The van der Waals surface area contributed by atoms with Gasteiger partial charge < -0.3 is 22.4 Å². The van der Waals surface area contributed by atoms with E-state index in [0.717, 1.165) is 0 Å². The predicted octanol–water partition coefficient (Wildman–Crippen LogP) is -2.57. The van der Waals surface area contributed by atoms with Gasteiger partial charge in [-0.15, -0.1) is 0 Å². The van der Waals surface area contributed by atoms with Crippen molar-refractivity contribution >= 4 is 0 Å². The van der Waals surface area contributed by atoms with Crippen molar-refractivity contribution in [3.8, 4) is 0 Å². The van der Waals surface area contributed by atoms with Gasteiger partial charge in [-0.05, 0) is 19.3 Å². The second-order valence-electron chi connectivity index (χ2n) is 3.44. The maximum atomic E-state index is 2.32. The van der Waals surface area contributed by atoms with Crippen LogP contribution in [0.2, 0.25) is 0 Å². The van der Waals surface area contributed by atoms with Crippen molar-refractivity contribution in [2.75, 3.05) is 27.2 Å². The van der Waals surface area contributed by atoms with Crippen LogP contribution in [0.4, 0.5) is 0 Å². The van der Waals surface area contributed by atoms with Crippen LogP contribution in [-0.4, -0.2) is 37.1 Å². The molecule has 1 fully saturated rings. The molecule has 3 heteroatoms.